The highest BCUT2D eigenvalue weighted by atomic mass is 35.5. The Kier molecular flexibility index (Phi) is 3.22. The number of benzene rings is 1. The van der Waals surface area contributed by atoms with E-state index in [4.69, 9.17) is 11.6 Å². The Bertz CT molecular complexity index is 524. The third-order valence-corrected chi connectivity index (χ3v) is 3.31. The standard InChI is InChI=1S/C11H9ClN2OS/c1-7(15)10-6-13-11(16-10)14-9-5-3-2-4-8(9)12/h2-6H,1H3,(H,13,14). The molecule has 0 aliphatic carbocycles. The number of anilines is 2. The number of carbonyl (C=O) groups is 1. The van der Waals surface area contributed by atoms with Crippen molar-refractivity contribution in [2.75, 3.05) is 5.32 Å². The summed E-state index contributed by atoms with van der Waals surface area (Å²) >= 11 is 7.31. The monoisotopic (exact) mass is 252 g/mol. The second-order valence-electron chi connectivity index (χ2n) is 3.19. The molecule has 1 aromatic heterocycles. The van der Waals surface area contributed by atoms with Crippen molar-refractivity contribution in [2.45, 2.75) is 6.92 Å². The third kappa shape index (κ3) is 2.40. The summed E-state index contributed by atoms with van der Waals surface area (Å²) in [6.45, 7) is 1.52. The first-order valence-corrected chi connectivity index (χ1v) is 5.84. The van der Waals surface area contributed by atoms with E-state index in [9.17, 15) is 4.79 Å². The number of aromatic nitrogens is 1. The molecule has 82 valence electrons. The molecule has 3 nitrogen and oxygen atoms in total. The average molecular weight is 253 g/mol. The van der Waals surface area contributed by atoms with Crippen LogP contribution in [-0.2, 0) is 0 Å². The van der Waals surface area contributed by atoms with Crippen molar-refractivity contribution in [3.05, 3.63) is 40.4 Å². The molecule has 0 aliphatic rings. The van der Waals surface area contributed by atoms with Gasteiger partial charge in [-0.3, -0.25) is 4.79 Å². The number of hydrogen-bond donors (Lipinski definition) is 1. The number of para-hydroxylation sites is 1. The SMILES string of the molecule is CC(=O)c1cnc(Nc2ccccc2Cl)s1. The molecule has 0 saturated carbocycles. The van der Waals surface area contributed by atoms with Crippen LogP contribution in [0.3, 0.4) is 0 Å². The van der Waals surface area contributed by atoms with Crippen LogP contribution < -0.4 is 5.32 Å². The molecule has 2 aromatic rings. The van der Waals surface area contributed by atoms with Crippen molar-refractivity contribution in [1.82, 2.24) is 4.98 Å². The van der Waals surface area contributed by atoms with Crippen LogP contribution in [0.1, 0.15) is 16.6 Å². The molecule has 0 unspecified atom stereocenters. The minimum atomic E-state index is 0.0182. The lowest BCUT2D eigenvalue weighted by atomic mass is 10.3. The molecule has 2 rings (SSSR count). The van der Waals surface area contributed by atoms with E-state index >= 15 is 0 Å². The van der Waals surface area contributed by atoms with Gasteiger partial charge < -0.3 is 5.32 Å². The van der Waals surface area contributed by atoms with Gasteiger partial charge in [-0.25, -0.2) is 4.98 Å². The lowest BCUT2D eigenvalue weighted by Gasteiger charge is -2.03. The number of Topliss-reactive ketones (excluding diaryl/α,β-unsaturated/α-hetero) is 1. The van der Waals surface area contributed by atoms with E-state index in [0.717, 1.165) is 5.69 Å². The Balaban J connectivity index is 2.21. The van der Waals surface area contributed by atoms with Gasteiger partial charge in [-0.1, -0.05) is 35.1 Å². The molecule has 0 saturated heterocycles. The molecular formula is C11H9ClN2OS. The molecule has 5 heteroatoms. The summed E-state index contributed by atoms with van der Waals surface area (Å²) in [5.41, 5.74) is 0.786. The second-order valence-corrected chi connectivity index (χ2v) is 4.63. The Hall–Kier alpha value is -1.39. The van der Waals surface area contributed by atoms with Crippen molar-refractivity contribution in [3.8, 4) is 0 Å². The van der Waals surface area contributed by atoms with Crippen molar-refractivity contribution < 1.29 is 4.79 Å². The van der Waals surface area contributed by atoms with E-state index in [0.29, 0.717) is 15.0 Å². The first-order valence-electron chi connectivity index (χ1n) is 4.65. The zero-order chi connectivity index (χ0) is 11.5. The summed E-state index contributed by atoms with van der Waals surface area (Å²) in [4.78, 5) is 15.8. The van der Waals surface area contributed by atoms with Crippen molar-refractivity contribution >= 4 is 39.5 Å². The quantitative estimate of drug-likeness (QED) is 0.846. The largest absolute Gasteiger partial charge is 0.330 e. The number of halogens is 1. The van der Waals surface area contributed by atoms with Gasteiger partial charge in [0.2, 0.25) is 0 Å². The Morgan fingerprint density at radius 3 is 2.81 bits per heavy atom. The Morgan fingerprint density at radius 2 is 2.19 bits per heavy atom. The van der Waals surface area contributed by atoms with Crippen LogP contribution in [0.4, 0.5) is 10.8 Å². The minimum Gasteiger partial charge on any atom is -0.330 e. The highest BCUT2D eigenvalue weighted by Crippen LogP contribution is 2.27. The maximum Gasteiger partial charge on any atom is 0.187 e. The van der Waals surface area contributed by atoms with Gasteiger partial charge in [0, 0.05) is 6.92 Å². The number of nitrogens with one attached hydrogen (secondary N) is 1. The molecular weight excluding hydrogens is 244 g/mol. The van der Waals surface area contributed by atoms with Crippen LogP contribution in [0, 0.1) is 0 Å². The number of thiazole rings is 1. The van der Waals surface area contributed by atoms with Gasteiger partial charge in [0.25, 0.3) is 0 Å². The van der Waals surface area contributed by atoms with Crippen LogP contribution in [0.5, 0.6) is 0 Å². The normalized spacial score (nSPS) is 10.1. The van der Waals surface area contributed by atoms with Crippen molar-refractivity contribution in [3.63, 3.8) is 0 Å². The van der Waals surface area contributed by atoms with E-state index < -0.39 is 0 Å². The van der Waals surface area contributed by atoms with Gasteiger partial charge >= 0.3 is 0 Å². The molecule has 0 amide bonds. The predicted molar refractivity (Wildman–Crippen MR) is 66.9 cm³/mol. The molecule has 0 atom stereocenters. The number of ketones is 1. The number of carbonyl (C=O) groups excluding carboxylic acids is 1. The summed E-state index contributed by atoms with van der Waals surface area (Å²) in [5.74, 6) is 0.0182. The summed E-state index contributed by atoms with van der Waals surface area (Å²) in [6, 6.07) is 7.39. The van der Waals surface area contributed by atoms with Gasteiger partial charge in [-0.2, -0.15) is 0 Å². The highest BCUT2D eigenvalue weighted by molar-refractivity contribution is 7.17. The smallest absolute Gasteiger partial charge is 0.187 e. The van der Waals surface area contributed by atoms with Gasteiger partial charge in [-0.05, 0) is 12.1 Å². The summed E-state index contributed by atoms with van der Waals surface area (Å²) in [5, 5.41) is 4.36. The summed E-state index contributed by atoms with van der Waals surface area (Å²) in [7, 11) is 0. The molecule has 0 radical (unpaired) electrons. The van der Waals surface area contributed by atoms with Gasteiger partial charge in [0.05, 0.1) is 21.8 Å². The van der Waals surface area contributed by atoms with E-state index in [-0.39, 0.29) is 5.78 Å². The lowest BCUT2D eigenvalue weighted by molar-refractivity contribution is 0.102. The van der Waals surface area contributed by atoms with Crippen LogP contribution in [0.15, 0.2) is 30.5 Å². The second kappa shape index (κ2) is 4.63. The van der Waals surface area contributed by atoms with E-state index in [2.05, 4.69) is 10.3 Å². The Morgan fingerprint density at radius 1 is 1.44 bits per heavy atom. The van der Waals surface area contributed by atoms with E-state index in [1.165, 1.54) is 18.3 Å². The first-order chi connectivity index (χ1) is 7.66. The molecule has 0 bridgehead atoms. The fourth-order valence-electron chi connectivity index (χ4n) is 1.17. The predicted octanol–water partition coefficient (Wildman–Crippen LogP) is 3.74. The topological polar surface area (TPSA) is 42.0 Å². The molecule has 0 fully saturated rings. The van der Waals surface area contributed by atoms with Crippen molar-refractivity contribution in [2.24, 2.45) is 0 Å². The highest BCUT2D eigenvalue weighted by Gasteiger charge is 2.07. The minimum absolute atomic E-state index is 0.0182. The van der Waals surface area contributed by atoms with Crippen LogP contribution in [0.25, 0.3) is 0 Å². The van der Waals surface area contributed by atoms with E-state index in [1.807, 2.05) is 18.2 Å². The third-order valence-electron chi connectivity index (χ3n) is 1.97. The zero-order valence-corrected chi connectivity index (χ0v) is 10.1. The number of nitrogens with zero attached hydrogens (tertiary/aromatic N) is 1. The van der Waals surface area contributed by atoms with Gasteiger partial charge in [0.15, 0.2) is 10.9 Å². The fourth-order valence-corrected chi connectivity index (χ4v) is 2.08. The molecule has 1 N–H and O–H groups in total. The fraction of sp³-hybridized carbons (Fsp3) is 0.0909. The molecule has 16 heavy (non-hydrogen) atoms. The van der Waals surface area contributed by atoms with Crippen LogP contribution >= 0.6 is 22.9 Å². The molecule has 0 aliphatic heterocycles. The zero-order valence-electron chi connectivity index (χ0n) is 8.53. The first kappa shape index (κ1) is 11.1. The van der Waals surface area contributed by atoms with Gasteiger partial charge in [-0.15, -0.1) is 0 Å². The van der Waals surface area contributed by atoms with Crippen LogP contribution in [-0.4, -0.2) is 10.8 Å². The summed E-state index contributed by atoms with van der Waals surface area (Å²) < 4.78 is 0. The maximum atomic E-state index is 11.1. The summed E-state index contributed by atoms with van der Waals surface area (Å²) in [6.07, 6.45) is 1.56. The number of rotatable bonds is 3. The van der Waals surface area contributed by atoms with Crippen molar-refractivity contribution in [1.29, 1.82) is 0 Å². The molecule has 1 aromatic carbocycles. The number of hydrogen-bond acceptors (Lipinski definition) is 4. The lowest BCUT2D eigenvalue weighted by Crippen LogP contribution is -1.89. The van der Waals surface area contributed by atoms with E-state index in [1.54, 1.807) is 12.3 Å². The van der Waals surface area contributed by atoms with Crippen LogP contribution in [0.2, 0.25) is 5.02 Å². The molecule has 0 spiro atoms. The molecule has 1 heterocycles. The maximum absolute atomic E-state index is 11.1. The van der Waals surface area contributed by atoms with Gasteiger partial charge in [0.1, 0.15) is 0 Å². The Labute approximate surface area is 102 Å². The average Bonchev–Trinajstić information content (AvgIpc) is 2.70.